The van der Waals surface area contributed by atoms with E-state index in [0.717, 1.165) is 21.1 Å². The molecule has 0 aliphatic heterocycles. The second-order valence-corrected chi connectivity index (χ2v) is 6.00. The highest BCUT2D eigenvalue weighted by Gasteiger charge is 2.16. The van der Waals surface area contributed by atoms with Crippen molar-refractivity contribution in [3.63, 3.8) is 0 Å². The Balaban J connectivity index is 1.73. The van der Waals surface area contributed by atoms with Gasteiger partial charge in [-0.05, 0) is 43.3 Å². The molecule has 1 N–H and O–H groups in total. The first-order valence-electron chi connectivity index (χ1n) is 7.20. The van der Waals surface area contributed by atoms with Gasteiger partial charge in [-0.15, -0.1) is 0 Å². The molecule has 1 amide bonds. The van der Waals surface area contributed by atoms with E-state index in [1.807, 2.05) is 54.6 Å². The summed E-state index contributed by atoms with van der Waals surface area (Å²) in [6.45, 7) is 1.72. The Labute approximate surface area is 142 Å². The van der Waals surface area contributed by atoms with E-state index in [4.69, 9.17) is 4.74 Å². The van der Waals surface area contributed by atoms with Gasteiger partial charge in [0.15, 0.2) is 6.10 Å². The molecule has 3 rings (SSSR count). The number of ether oxygens (including phenoxy) is 1. The Morgan fingerprint density at radius 1 is 1.13 bits per heavy atom. The van der Waals surface area contributed by atoms with Crippen LogP contribution in [0.1, 0.15) is 6.92 Å². The Hall–Kier alpha value is -2.40. The summed E-state index contributed by atoms with van der Waals surface area (Å²) in [6, 6.07) is 16.9. The zero-order chi connectivity index (χ0) is 16.2. The molecule has 0 bridgehead atoms. The van der Waals surface area contributed by atoms with Gasteiger partial charge >= 0.3 is 0 Å². The number of benzene rings is 2. The molecule has 4 nitrogen and oxygen atoms in total. The van der Waals surface area contributed by atoms with Crippen LogP contribution in [0.25, 0.3) is 10.9 Å². The minimum atomic E-state index is -0.633. The van der Waals surface area contributed by atoms with Crippen LogP contribution in [-0.4, -0.2) is 17.0 Å². The van der Waals surface area contributed by atoms with E-state index in [9.17, 15) is 4.79 Å². The third-order valence-corrected chi connectivity index (χ3v) is 3.91. The number of rotatable bonds is 4. The van der Waals surface area contributed by atoms with Gasteiger partial charge in [0.05, 0.1) is 0 Å². The van der Waals surface area contributed by atoms with E-state index < -0.39 is 6.10 Å². The Bertz CT molecular complexity index is 829. The molecule has 0 fully saturated rings. The zero-order valence-corrected chi connectivity index (χ0v) is 14.1. The second kappa shape index (κ2) is 6.79. The fourth-order valence-electron chi connectivity index (χ4n) is 2.19. The molecule has 0 unspecified atom stereocenters. The number of nitrogens with zero attached hydrogens (tertiary/aromatic N) is 1. The molecule has 0 aliphatic rings. The highest BCUT2D eigenvalue weighted by molar-refractivity contribution is 9.10. The quantitative estimate of drug-likeness (QED) is 0.740. The van der Waals surface area contributed by atoms with Gasteiger partial charge in [-0.3, -0.25) is 9.78 Å². The van der Waals surface area contributed by atoms with Crippen molar-refractivity contribution in [3.05, 3.63) is 65.3 Å². The van der Waals surface area contributed by atoms with Crippen molar-refractivity contribution in [2.45, 2.75) is 13.0 Å². The monoisotopic (exact) mass is 370 g/mol. The molecule has 0 aliphatic carbocycles. The summed E-state index contributed by atoms with van der Waals surface area (Å²) in [6.07, 6.45) is 1.08. The SMILES string of the molecule is C[C@@H](Oc1cccc2cccnc12)C(=O)Nc1ccc(Br)cc1. The molecule has 1 aromatic heterocycles. The third kappa shape index (κ3) is 3.68. The maximum Gasteiger partial charge on any atom is 0.265 e. The van der Waals surface area contributed by atoms with E-state index in [2.05, 4.69) is 26.2 Å². The average Bonchev–Trinajstić information content (AvgIpc) is 2.57. The summed E-state index contributed by atoms with van der Waals surface area (Å²) < 4.78 is 6.76. The molecule has 116 valence electrons. The Kier molecular flexibility index (Phi) is 4.57. The third-order valence-electron chi connectivity index (χ3n) is 3.38. The lowest BCUT2D eigenvalue weighted by atomic mass is 10.2. The van der Waals surface area contributed by atoms with Crippen LogP contribution in [0.2, 0.25) is 0 Å². The molecule has 0 saturated carbocycles. The van der Waals surface area contributed by atoms with Gasteiger partial charge in [0.1, 0.15) is 11.3 Å². The van der Waals surface area contributed by atoms with Crippen LogP contribution < -0.4 is 10.1 Å². The number of para-hydroxylation sites is 1. The molecular formula is C18H15BrN2O2. The number of anilines is 1. The first-order chi connectivity index (χ1) is 11.1. The van der Waals surface area contributed by atoms with Crippen LogP contribution in [0, 0.1) is 0 Å². The Morgan fingerprint density at radius 2 is 1.87 bits per heavy atom. The van der Waals surface area contributed by atoms with E-state index >= 15 is 0 Å². The topological polar surface area (TPSA) is 51.2 Å². The lowest BCUT2D eigenvalue weighted by Gasteiger charge is -2.15. The number of nitrogens with one attached hydrogen (secondary N) is 1. The summed E-state index contributed by atoms with van der Waals surface area (Å²) in [4.78, 5) is 16.6. The van der Waals surface area contributed by atoms with Gasteiger partial charge in [-0.1, -0.05) is 34.1 Å². The number of hydrogen-bond donors (Lipinski definition) is 1. The molecule has 1 heterocycles. The van der Waals surface area contributed by atoms with Crippen molar-refractivity contribution in [2.24, 2.45) is 0 Å². The van der Waals surface area contributed by atoms with Crippen LogP contribution in [-0.2, 0) is 4.79 Å². The van der Waals surface area contributed by atoms with Crippen molar-refractivity contribution >= 4 is 38.4 Å². The van der Waals surface area contributed by atoms with E-state index in [-0.39, 0.29) is 5.91 Å². The number of pyridine rings is 1. The minimum absolute atomic E-state index is 0.208. The van der Waals surface area contributed by atoms with Gasteiger partial charge in [0.2, 0.25) is 0 Å². The highest BCUT2D eigenvalue weighted by Crippen LogP contribution is 2.24. The maximum atomic E-state index is 12.3. The molecule has 5 heteroatoms. The van der Waals surface area contributed by atoms with Crippen LogP contribution >= 0.6 is 15.9 Å². The maximum absolute atomic E-state index is 12.3. The molecule has 0 saturated heterocycles. The lowest BCUT2D eigenvalue weighted by Crippen LogP contribution is -2.30. The Morgan fingerprint density at radius 3 is 2.65 bits per heavy atom. The molecule has 0 spiro atoms. The summed E-state index contributed by atoms with van der Waals surface area (Å²) in [7, 11) is 0. The van der Waals surface area contributed by atoms with Crippen LogP contribution in [0.5, 0.6) is 5.75 Å². The molecule has 23 heavy (non-hydrogen) atoms. The van der Waals surface area contributed by atoms with Crippen molar-refractivity contribution in [1.29, 1.82) is 0 Å². The smallest absolute Gasteiger partial charge is 0.265 e. The number of amides is 1. The first kappa shape index (κ1) is 15.5. The predicted molar refractivity (Wildman–Crippen MR) is 94.6 cm³/mol. The summed E-state index contributed by atoms with van der Waals surface area (Å²) >= 11 is 3.36. The van der Waals surface area contributed by atoms with E-state index in [1.54, 1.807) is 13.1 Å². The second-order valence-electron chi connectivity index (χ2n) is 5.09. The minimum Gasteiger partial charge on any atom is -0.479 e. The number of carbonyl (C=O) groups excluding carboxylic acids is 1. The van der Waals surface area contributed by atoms with Crippen LogP contribution in [0.3, 0.4) is 0 Å². The summed E-state index contributed by atoms with van der Waals surface area (Å²) in [5.74, 6) is 0.391. The van der Waals surface area contributed by atoms with E-state index in [1.165, 1.54) is 0 Å². The van der Waals surface area contributed by atoms with Crippen molar-refractivity contribution in [3.8, 4) is 5.75 Å². The van der Waals surface area contributed by atoms with Crippen LogP contribution in [0.4, 0.5) is 5.69 Å². The molecular weight excluding hydrogens is 356 g/mol. The molecule has 2 aromatic carbocycles. The summed E-state index contributed by atoms with van der Waals surface area (Å²) in [5, 5.41) is 3.81. The molecule has 3 aromatic rings. The largest absolute Gasteiger partial charge is 0.479 e. The highest BCUT2D eigenvalue weighted by atomic mass is 79.9. The number of hydrogen-bond acceptors (Lipinski definition) is 3. The van der Waals surface area contributed by atoms with Crippen molar-refractivity contribution < 1.29 is 9.53 Å². The van der Waals surface area contributed by atoms with E-state index in [0.29, 0.717) is 5.75 Å². The normalized spacial score (nSPS) is 11.9. The molecule has 0 radical (unpaired) electrons. The number of fused-ring (bicyclic) bond motifs is 1. The van der Waals surface area contributed by atoms with Gasteiger partial charge in [-0.25, -0.2) is 0 Å². The summed E-state index contributed by atoms with van der Waals surface area (Å²) in [5.41, 5.74) is 1.47. The standard InChI is InChI=1S/C18H15BrN2O2/c1-12(18(22)21-15-9-7-14(19)8-10-15)23-16-6-2-4-13-5-3-11-20-17(13)16/h2-12H,1H3,(H,21,22)/t12-/m1/s1. The van der Waals surface area contributed by atoms with Gasteiger partial charge in [0, 0.05) is 21.7 Å². The van der Waals surface area contributed by atoms with Gasteiger partial charge in [-0.2, -0.15) is 0 Å². The number of aromatic nitrogens is 1. The average molecular weight is 371 g/mol. The van der Waals surface area contributed by atoms with Crippen LogP contribution in [0.15, 0.2) is 65.3 Å². The van der Waals surface area contributed by atoms with Crippen molar-refractivity contribution in [1.82, 2.24) is 4.98 Å². The fourth-order valence-corrected chi connectivity index (χ4v) is 2.46. The lowest BCUT2D eigenvalue weighted by molar-refractivity contribution is -0.122. The van der Waals surface area contributed by atoms with Gasteiger partial charge < -0.3 is 10.1 Å². The number of carbonyl (C=O) groups is 1. The van der Waals surface area contributed by atoms with Crippen molar-refractivity contribution in [2.75, 3.05) is 5.32 Å². The predicted octanol–water partition coefficient (Wildman–Crippen LogP) is 4.40. The molecule has 1 atom stereocenters. The zero-order valence-electron chi connectivity index (χ0n) is 12.5. The first-order valence-corrected chi connectivity index (χ1v) is 7.99. The fraction of sp³-hybridized carbons (Fsp3) is 0.111. The number of halogens is 1. The van der Waals surface area contributed by atoms with Gasteiger partial charge in [0.25, 0.3) is 5.91 Å².